The molecule has 0 radical (unpaired) electrons. The summed E-state index contributed by atoms with van der Waals surface area (Å²) in [6.07, 6.45) is 0.708. The van der Waals surface area contributed by atoms with Crippen LogP contribution in [0.1, 0.15) is 13.3 Å². The number of nitrogens with zero attached hydrogens (tertiary/aromatic N) is 3. The van der Waals surface area contributed by atoms with E-state index in [2.05, 4.69) is 5.32 Å². The van der Waals surface area contributed by atoms with Gasteiger partial charge in [0.2, 0.25) is 5.91 Å². The van der Waals surface area contributed by atoms with E-state index in [0.717, 1.165) is 5.56 Å². The number of anilines is 1. The standard InChI is InChI=1S/C28H27ClN4O3/c1-2-17-32(28(35)20-36-22-13-7-4-8-14-22)19-27(34)30-26-18-24(21-11-5-3-6-12-21)31-33(26)25-16-10-9-15-23(25)29/h3-16,18H,2,17,19-20H2,1H3,(H,30,34). The molecule has 0 unspecified atom stereocenters. The highest BCUT2D eigenvalue weighted by Gasteiger charge is 2.20. The van der Waals surface area contributed by atoms with Crippen molar-refractivity contribution >= 4 is 29.2 Å². The van der Waals surface area contributed by atoms with Gasteiger partial charge in [0.25, 0.3) is 5.91 Å². The van der Waals surface area contributed by atoms with Crippen molar-refractivity contribution in [2.24, 2.45) is 0 Å². The number of benzene rings is 3. The molecule has 0 saturated heterocycles. The molecule has 0 atom stereocenters. The number of carbonyl (C=O) groups is 2. The summed E-state index contributed by atoms with van der Waals surface area (Å²) in [6, 6.07) is 27.8. The number of aromatic nitrogens is 2. The number of hydrogen-bond donors (Lipinski definition) is 1. The first-order valence-electron chi connectivity index (χ1n) is 11.7. The second-order valence-corrected chi connectivity index (χ2v) is 8.52. The molecule has 0 aliphatic rings. The number of ether oxygens (including phenoxy) is 1. The first-order valence-corrected chi connectivity index (χ1v) is 12.1. The van der Waals surface area contributed by atoms with E-state index in [1.807, 2.05) is 73.7 Å². The zero-order valence-corrected chi connectivity index (χ0v) is 20.7. The topological polar surface area (TPSA) is 76.5 Å². The van der Waals surface area contributed by atoms with Gasteiger partial charge >= 0.3 is 0 Å². The van der Waals surface area contributed by atoms with Crippen molar-refractivity contribution in [2.75, 3.05) is 25.0 Å². The van der Waals surface area contributed by atoms with Gasteiger partial charge < -0.3 is 15.0 Å². The molecule has 1 aromatic heterocycles. The van der Waals surface area contributed by atoms with Gasteiger partial charge in [-0.05, 0) is 30.7 Å². The Morgan fingerprint density at radius 2 is 1.64 bits per heavy atom. The smallest absolute Gasteiger partial charge is 0.260 e. The molecule has 8 heteroatoms. The van der Waals surface area contributed by atoms with E-state index in [4.69, 9.17) is 21.4 Å². The van der Waals surface area contributed by atoms with Gasteiger partial charge in [-0.25, -0.2) is 4.68 Å². The molecule has 0 aliphatic heterocycles. The summed E-state index contributed by atoms with van der Waals surface area (Å²) in [6.45, 7) is 2.13. The molecule has 0 bridgehead atoms. The normalized spacial score (nSPS) is 10.6. The summed E-state index contributed by atoms with van der Waals surface area (Å²) in [4.78, 5) is 27.4. The Morgan fingerprint density at radius 1 is 0.972 bits per heavy atom. The molecule has 0 aliphatic carbocycles. The molecule has 0 saturated carbocycles. The van der Waals surface area contributed by atoms with Crippen LogP contribution in [0.15, 0.2) is 91.0 Å². The minimum Gasteiger partial charge on any atom is -0.484 e. The Balaban J connectivity index is 1.52. The van der Waals surface area contributed by atoms with Gasteiger partial charge in [0.05, 0.1) is 16.4 Å². The third kappa shape index (κ3) is 6.31. The largest absolute Gasteiger partial charge is 0.484 e. The van der Waals surface area contributed by atoms with Gasteiger partial charge in [0.15, 0.2) is 6.61 Å². The van der Waals surface area contributed by atoms with E-state index < -0.39 is 0 Å². The lowest BCUT2D eigenvalue weighted by Crippen LogP contribution is -2.41. The molecule has 184 valence electrons. The van der Waals surface area contributed by atoms with Crippen molar-refractivity contribution in [3.05, 3.63) is 96.0 Å². The monoisotopic (exact) mass is 502 g/mol. The number of para-hydroxylation sites is 2. The van der Waals surface area contributed by atoms with Gasteiger partial charge in [-0.15, -0.1) is 0 Å². The molecular weight excluding hydrogens is 476 g/mol. The molecule has 4 rings (SSSR count). The Bertz CT molecular complexity index is 1310. The maximum absolute atomic E-state index is 13.1. The third-order valence-electron chi connectivity index (χ3n) is 5.41. The first kappa shape index (κ1) is 25.0. The zero-order valence-electron chi connectivity index (χ0n) is 19.9. The predicted molar refractivity (Wildman–Crippen MR) is 141 cm³/mol. The van der Waals surface area contributed by atoms with Crippen molar-refractivity contribution in [1.82, 2.24) is 14.7 Å². The second kappa shape index (κ2) is 12.0. The van der Waals surface area contributed by atoms with Crippen LogP contribution in [-0.2, 0) is 9.59 Å². The van der Waals surface area contributed by atoms with Crippen LogP contribution >= 0.6 is 11.6 Å². The Kier molecular flexibility index (Phi) is 8.36. The predicted octanol–water partition coefficient (Wildman–Crippen LogP) is 5.45. The van der Waals surface area contributed by atoms with Crippen molar-refractivity contribution in [3.63, 3.8) is 0 Å². The number of hydrogen-bond acceptors (Lipinski definition) is 4. The van der Waals surface area contributed by atoms with Crippen LogP contribution < -0.4 is 10.1 Å². The lowest BCUT2D eigenvalue weighted by molar-refractivity contribution is -0.136. The van der Waals surface area contributed by atoms with Crippen LogP contribution in [0.25, 0.3) is 16.9 Å². The molecule has 7 nitrogen and oxygen atoms in total. The fourth-order valence-corrected chi connectivity index (χ4v) is 3.91. The minimum atomic E-state index is -0.343. The summed E-state index contributed by atoms with van der Waals surface area (Å²) >= 11 is 6.43. The molecule has 2 amide bonds. The van der Waals surface area contributed by atoms with E-state index in [9.17, 15) is 9.59 Å². The van der Waals surface area contributed by atoms with Crippen LogP contribution in [0.2, 0.25) is 5.02 Å². The van der Waals surface area contributed by atoms with Gasteiger partial charge in [-0.1, -0.05) is 79.2 Å². The van der Waals surface area contributed by atoms with Crippen LogP contribution in [0.3, 0.4) is 0 Å². The maximum Gasteiger partial charge on any atom is 0.260 e. The summed E-state index contributed by atoms with van der Waals surface area (Å²) in [7, 11) is 0. The summed E-state index contributed by atoms with van der Waals surface area (Å²) in [5.41, 5.74) is 2.22. The fourth-order valence-electron chi connectivity index (χ4n) is 3.70. The number of halogens is 1. The first-order chi connectivity index (χ1) is 17.5. The molecule has 1 N–H and O–H groups in total. The number of rotatable bonds is 10. The highest BCUT2D eigenvalue weighted by Crippen LogP contribution is 2.28. The van der Waals surface area contributed by atoms with Gasteiger partial charge in [-0.3, -0.25) is 9.59 Å². The van der Waals surface area contributed by atoms with Crippen molar-refractivity contribution in [1.29, 1.82) is 0 Å². The van der Waals surface area contributed by atoms with Crippen LogP contribution in [-0.4, -0.2) is 46.2 Å². The average Bonchev–Trinajstić information content (AvgIpc) is 3.31. The van der Waals surface area contributed by atoms with Gasteiger partial charge in [0.1, 0.15) is 18.1 Å². The summed E-state index contributed by atoms with van der Waals surface area (Å²) in [5, 5.41) is 8.10. The van der Waals surface area contributed by atoms with E-state index in [-0.39, 0.29) is 25.0 Å². The third-order valence-corrected chi connectivity index (χ3v) is 5.73. The van der Waals surface area contributed by atoms with E-state index in [1.54, 1.807) is 28.9 Å². The quantitative estimate of drug-likeness (QED) is 0.313. The zero-order chi connectivity index (χ0) is 25.3. The molecular formula is C28H27ClN4O3. The van der Waals surface area contributed by atoms with Crippen molar-refractivity contribution in [3.8, 4) is 22.7 Å². The lowest BCUT2D eigenvalue weighted by Gasteiger charge is -2.22. The SMILES string of the molecule is CCCN(CC(=O)Nc1cc(-c2ccccc2)nn1-c1ccccc1Cl)C(=O)COc1ccccc1. The minimum absolute atomic E-state index is 0.112. The summed E-state index contributed by atoms with van der Waals surface area (Å²) in [5.74, 6) is 0.449. The molecule has 0 fully saturated rings. The Labute approximate surface area is 215 Å². The fraction of sp³-hybridized carbons (Fsp3) is 0.179. The molecule has 0 spiro atoms. The van der Waals surface area contributed by atoms with Crippen LogP contribution in [0.5, 0.6) is 5.75 Å². The molecule has 36 heavy (non-hydrogen) atoms. The van der Waals surface area contributed by atoms with Crippen molar-refractivity contribution < 1.29 is 14.3 Å². The van der Waals surface area contributed by atoms with E-state index in [0.29, 0.717) is 40.9 Å². The lowest BCUT2D eigenvalue weighted by atomic mass is 10.1. The Hall–Kier alpha value is -4.10. The number of amides is 2. The highest BCUT2D eigenvalue weighted by atomic mass is 35.5. The van der Waals surface area contributed by atoms with Crippen LogP contribution in [0, 0.1) is 0 Å². The number of nitrogens with one attached hydrogen (secondary N) is 1. The maximum atomic E-state index is 13.1. The second-order valence-electron chi connectivity index (χ2n) is 8.11. The van der Waals surface area contributed by atoms with E-state index in [1.165, 1.54) is 4.90 Å². The van der Waals surface area contributed by atoms with Crippen molar-refractivity contribution in [2.45, 2.75) is 13.3 Å². The van der Waals surface area contributed by atoms with E-state index >= 15 is 0 Å². The average molecular weight is 503 g/mol. The highest BCUT2D eigenvalue weighted by molar-refractivity contribution is 6.32. The summed E-state index contributed by atoms with van der Waals surface area (Å²) < 4.78 is 7.19. The molecule has 3 aromatic carbocycles. The molecule has 1 heterocycles. The molecule has 4 aromatic rings. The van der Waals surface area contributed by atoms with Gasteiger partial charge in [0, 0.05) is 18.2 Å². The Morgan fingerprint density at radius 3 is 2.33 bits per heavy atom. The van der Waals surface area contributed by atoms with Gasteiger partial charge in [-0.2, -0.15) is 5.10 Å². The van der Waals surface area contributed by atoms with Crippen LogP contribution in [0.4, 0.5) is 5.82 Å². The number of carbonyl (C=O) groups excluding carboxylic acids is 2.